The van der Waals surface area contributed by atoms with Gasteiger partial charge in [-0.15, -0.1) is 10.2 Å². The molecule has 3 aromatic heterocycles. The monoisotopic (exact) mass is 374 g/mol. The molecule has 140 valence electrons. The molecule has 0 aliphatic rings. The molecular weight excluding hydrogens is 356 g/mol. The molecule has 0 saturated carbocycles. The number of carbonyl (C=O) groups excluding carboxylic acids is 1. The Balaban J connectivity index is 1.53. The number of benzene rings is 1. The third-order valence-electron chi connectivity index (χ3n) is 4.21. The highest BCUT2D eigenvalue weighted by Gasteiger charge is 2.15. The number of hydrogen-bond acceptors (Lipinski definition) is 6. The highest BCUT2D eigenvalue weighted by atomic mass is 16.5. The minimum Gasteiger partial charge on any atom is -0.345 e. The van der Waals surface area contributed by atoms with E-state index in [0.717, 1.165) is 5.56 Å². The van der Waals surface area contributed by atoms with Gasteiger partial charge in [0.25, 0.3) is 5.89 Å². The van der Waals surface area contributed by atoms with Crippen LogP contribution in [-0.4, -0.2) is 30.6 Å². The summed E-state index contributed by atoms with van der Waals surface area (Å²) in [6, 6.07) is 13.4. The van der Waals surface area contributed by atoms with Crippen LogP contribution >= 0.6 is 0 Å². The third-order valence-corrected chi connectivity index (χ3v) is 4.21. The van der Waals surface area contributed by atoms with Crippen LogP contribution in [0.25, 0.3) is 23.2 Å². The number of rotatable bonds is 5. The van der Waals surface area contributed by atoms with Gasteiger partial charge in [-0.1, -0.05) is 35.5 Å². The Labute approximate surface area is 160 Å². The molecule has 1 N–H and O–H groups in total. The van der Waals surface area contributed by atoms with Crippen molar-refractivity contribution in [1.29, 1.82) is 0 Å². The van der Waals surface area contributed by atoms with Crippen molar-refractivity contribution in [2.75, 3.05) is 0 Å². The minimum atomic E-state index is -0.163. The van der Waals surface area contributed by atoms with Crippen molar-refractivity contribution in [1.82, 2.24) is 30.1 Å². The molecule has 0 bridgehead atoms. The second-order valence-electron chi connectivity index (χ2n) is 6.30. The fourth-order valence-corrected chi connectivity index (χ4v) is 2.82. The average Bonchev–Trinajstić information content (AvgIpc) is 3.33. The molecule has 0 spiro atoms. The van der Waals surface area contributed by atoms with Crippen molar-refractivity contribution in [3.05, 3.63) is 71.4 Å². The highest BCUT2D eigenvalue weighted by Crippen LogP contribution is 2.22. The van der Waals surface area contributed by atoms with Crippen LogP contribution in [0.5, 0.6) is 0 Å². The molecule has 4 rings (SSSR count). The van der Waals surface area contributed by atoms with E-state index >= 15 is 0 Å². The normalized spacial score (nSPS) is 11.7. The Hall–Kier alpha value is -3.81. The second kappa shape index (κ2) is 7.43. The molecule has 3 heterocycles. The maximum absolute atomic E-state index is 12.4. The number of nitrogens with one attached hydrogen (secondary N) is 1. The fraction of sp³-hybridized carbons (Fsp3) is 0.150. The topological polar surface area (TPSA) is 98.2 Å². The zero-order chi connectivity index (χ0) is 19.5. The summed E-state index contributed by atoms with van der Waals surface area (Å²) in [5.41, 5.74) is 2.87. The Morgan fingerprint density at radius 2 is 2.00 bits per heavy atom. The number of aryl methyl sites for hydroxylation is 1. The molecule has 1 aromatic carbocycles. The Morgan fingerprint density at radius 3 is 2.75 bits per heavy atom. The fourth-order valence-electron chi connectivity index (χ4n) is 2.82. The largest absolute Gasteiger partial charge is 0.345 e. The van der Waals surface area contributed by atoms with Gasteiger partial charge in [0.15, 0.2) is 17.3 Å². The first-order chi connectivity index (χ1) is 13.6. The van der Waals surface area contributed by atoms with Crippen LogP contribution in [-0.2, 0) is 11.3 Å². The molecule has 1 amide bonds. The van der Waals surface area contributed by atoms with Gasteiger partial charge in [-0.25, -0.2) is 0 Å². The number of fused-ring (bicyclic) bond motifs is 1. The molecule has 0 fully saturated rings. The van der Waals surface area contributed by atoms with E-state index in [0.29, 0.717) is 34.3 Å². The molecular formula is C20H18N6O2. The lowest BCUT2D eigenvalue weighted by atomic mass is 10.1. The minimum absolute atomic E-state index is 0.163. The number of amides is 1. The quantitative estimate of drug-likeness (QED) is 0.540. The number of nitrogens with zero attached hydrogens (tertiary/aromatic N) is 5. The van der Waals surface area contributed by atoms with E-state index in [1.54, 1.807) is 18.2 Å². The summed E-state index contributed by atoms with van der Waals surface area (Å²) in [7, 11) is 0. The predicted molar refractivity (Wildman–Crippen MR) is 103 cm³/mol. The van der Waals surface area contributed by atoms with E-state index in [9.17, 15) is 4.79 Å². The van der Waals surface area contributed by atoms with Gasteiger partial charge in [0.1, 0.15) is 0 Å². The number of hydrogen-bond donors (Lipinski definition) is 1. The molecule has 4 aromatic rings. The van der Waals surface area contributed by atoms with Crippen LogP contribution in [0.15, 0.2) is 58.8 Å². The lowest BCUT2D eigenvalue weighted by Gasteiger charge is -2.05. The van der Waals surface area contributed by atoms with Gasteiger partial charge in [0.2, 0.25) is 5.91 Å². The maximum atomic E-state index is 12.4. The summed E-state index contributed by atoms with van der Waals surface area (Å²) in [5.74, 6) is 1.37. The Kier molecular flexibility index (Phi) is 4.67. The van der Waals surface area contributed by atoms with Gasteiger partial charge in [-0.3, -0.25) is 9.20 Å². The molecule has 0 saturated heterocycles. The van der Waals surface area contributed by atoms with Gasteiger partial charge >= 0.3 is 0 Å². The van der Waals surface area contributed by atoms with E-state index in [-0.39, 0.29) is 12.5 Å². The van der Waals surface area contributed by atoms with Crippen LogP contribution in [0.1, 0.15) is 24.1 Å². The van der Waals surface area contributed by atoms with Crippen molar-refractivity contribution in [2.45, 2.75) is 20.4 Å². The van der Waals surface area contributed by atoms with Crippen molar-refractivity contribution < 1.29 is 9.32 Å². The van der Waals surface area contributed by atoms with Crippen molar-refractivity contribution in [3.8, 4) is 11.5 Å². The summed E-state index contributed by atoms with van der Waals surface area (Å²) in [6.45, 7) is 3.77. The molecule has 0 unspecified atom stereocenters. The van der Waals surface area contributed by atoms with Gasteiger partial charge in [0, 0.05) is 11.8 Å². The van der Waals surface area contributed by atoms with Crippen molar-refractivity contribution in [2.24, 2.45) is 0 Å². The second-order valence-corrected chi connectivity index (χ2v) is 6.30. The summed E-state index contributed by atoms with van der Waals surface area (Å²) in [5, 5.41) is 15.1. The van der Waals surface area contributed by atoms with E-state index in [1.165, 1.54) is 0 Å². The van der Waals surface area contributed by atoms with Gasteiger partial charge in [-0.2, -0.15) is 4.98 Å². The molecule has 28 heavy (non-hydrogen) atoms. The van der Waals surface area contributed by atoms with E-state index in [1.807, 2.05) is 54.7 Å². The van der Waals surface area contributed by atoms with Crippen LogP contribution < -0.4 is 5.32 Å². The SMILES string of the molecule is C/C(=C\c1ccccc1)C(=O)NCc1nnc2c(-c3nc(C)no3)cccn12. The van der Waals surface area contributed by atoms with Crippen LogP contribution in [0, 0.1) is 6.92 Å². The van der Waals surface area contributed by atoms with Gasteiger partial charge in [0.05, 0.1) is 12.1 Å². The zero-order valence-electron chi connectivity index (χ0n) is 15.5. The Morgan fingerprint density at radius 1 is 1.18 bits per heavy atom. The van der Waals surface area contributed by atoms with E-state index < -0.39 is 0 Å². The number of aromatic nitrogens is 5. The van der Waals surface area contributed by atoms with Crippen LogP contribution in [0.3, 0.4) is 0 Å². The van der Waals surface area contributed by atoms with Gasteiger partial charge < -0.3 is 9.84 Å². The average molecular weight is 374 g/mol. The summed E-state index contributed by atoms with van der Waals surface area (Å²) < 4.78 is 7.03. The lowest BCUT2D eigenvalue weighted by Crippen LogP contribution is -2.24. The molecule has 0 aliphatic carbocycles. The first kappa shape index (κ1) is 17.6. The van der Waals surface area contributed by atoms with E-state index in [2.05, 4.69) is 25.7 Å². The van der Waals surface area contributed by atoms with Crippen LogP contribution in [0.4, 0.5) is 0 Å². The summed E-state index contributed by atoms with van der Waals surface area (Å²) in [4.78, 5) is 16.6. The predicted octanol–water partition coefficient (Wildman–Crippen LogP) is 2.81. The van der Waals surface area contributed by atoms with Crippen molar-refractivity contribution in [3.63, 3.8) is 0 Å². The maximum Gasteiger partial charge on any atom is 0.261 e. The molecule has 0 aliphatic heterocycles. The lowest BCUT2D eigenvalue weighted by molar-refractivity contribution is -0.117. The van der Waals surface area contributed by atoms with Crippen LogP contribution in [0.2, 0.25) is 0 Å². The standard InChI is InChI=1S/C20H18N6O2/c1-13(11-15-7-4-3-5-8-15)19(27)21-12-17-23-24-18-16(9-6-10-26(17)18)20-22-14(2)25-28-20/h3-11H,12H2,1-2H3,(H,21,27)/b13-11+. The molecule has 0 radical (unpaired) electrons. The first-order valence-corrected chi connectivity index (χ1v) is 8.76. The highest BCUT2D eigenvalue weighted by molar-refractivity contribution is 5.97. The smallest absolute Gasteiger partial charge is 0.261 e. The molecule has 8 heteroatoms. The van der Waals surface area contributed by atoms with Crippen molar-refractivity contribution >= 4 is 17.6 Å². The third kappa shape index (κ3) is 3.52. The summed E-state index contributed by atoms with van der Waals surface area (Å²) in [6.07, 6.45) is 3.67. The van der Waals surface area contributed by atoms with Gasteiger partial charge in [-0.05, 0) is 37.6 Å². The zero-order valence-corrected chi connectivity index (χ0v) is 15.5. The summed E-state index contributed by atoms with van der Waals surface area (Å²) >= 11 is 0. The number of pyridine rings is 1. The van der Waals surface area contributed by atoms with E-state index in [4.69, 9.17) is 4.52 Å². The first-order valence-electron chi connectivity index (χ1n) is 8.76. The Bertz CT molecular complexity index is 1160. The number of carbonyl (C=O) groups is 1. The molecule has 0 atom stereocenters. The molecule has 8 nitrogen and oxygen atoms in total.